The molecule has 0 aromatic heterocycles. The zero-order valence-electron chi connectivity index (χ0n) is 15.0. The molecule has 2 saturated carbocycles. The molecule has 24 heavy (non-hydrogen) atoms. The molecule has 0 aromatic rings. The summed E-state index contributed by atoms with van der Waals surface area (Å²) in [5, 5.41) is 19.8. The highest BCUT2D eigenvalue weighted by atomic mass is 16.4. The number of carbonyl (C=O) groups is 2. The molecule has 2 fully saturated rings. The Balaban J connectivity index is 2.02. The summed E-state index contributed by atoms with van der Waals surface area (Å²) in [5.41, 5.74) is 0.0567. The molecule has 0 radical (unpaired) electrons. The summed E-state index contributed by atoms with van der Waals surface area (Å²) in [4.78, 5) is 24.9. The van der Waals surface area contributed by atoms with E-state index in [0.29, 0.717) is 18.8 Å². The van der Waals surface area contributed by atoms with Crippen LogP contribution in [0.5, 0.6) is 0 Å². The van der Waals surface area contributed by atoms with Gasteiger partial charge >= 0.3 is 5.97 Å². The van der Waals surface area contributed by atoms with E-state index in [0.717, 1.165) is 25.7 Å². The lowest BCUT2D eigenvalue weighted by Gasteiger charge is -2.59. The van der Waals surface area contributed by atoms with Crippen molar-refractivity contribution in [2.24, 2.45) is 34.5 Å². The quantitative estimate of drug-likeness (QED) is 0.775. The Morgan fingerprint density at radius 2 is 2.08 bits per heavy atom. The summed E-state index contributed by atoms with van der Waals surface area (Å²) in [5.74, 6) is -0.365. The monoisotopic (exact) mass is 334 g/mol. The first-order valence-electron chi connectivity index (χ1n) is 9.34. The van der Waals surface area contributed by atoms with E-state index < -0.39 is 11.4 Å². The van der Waals surface area contributed by atoms with Crippen LogP contribution < -0.4 is 0 Å². The Hall–Kier alpha value is -1.16. The predicted octanol–water partition coefficient (Wildman–Crippen LogP) is 3.44. The Morgan fingerprint density at radius 1 is 1.38 bits per heavy atom. The van der Waals surface area contributed by atoms with Crippen LogP contribution in [0.4, 0.5) is 0 Å². The standard InChI is InChI=1S/C20H30O4/c1-12(2)13-5-6-15-14(9-13)16(22)10-17-19(15,3)7-4-8-20(17,11-21)18(23)24/h9,12,14-15,17,21H,4-8,10-11H2,1-3H3,(H,23,24)/t14-,15-,17+,19+,20+/m0/s1. The van der Waals surface area contributed by atoms with Crippen LogP contribution in [0.1, 0.15) is 59.3 Å². The van der Waals surface area contributed by atoms with Gasteiger partial charge in [0.25, 0.3) is 0 Å². The summed E-state index contributed by atoms with van der Waals surface area (Å²) in [7, 11) is 0. The molecule has 3 rings (SSSR count). The van der Waals surface area contributed by atoms with Crippen LogP contribution in [0.15, 0.2) is 11.6 Å². The van der Waals surface area contributed by atoms with Gasteiger partial charge in [-0.2, -0.15) is 0 Å². The largest absolute Gasteiger partial charge is 0.481 e. The summed E-state index contributed by atoms with van der Waals surface area (Å²) < 4.78 is 0. The summed E-state index contributed by atoms with van der Waals surface area (Å²) in [6.45, 7) is 6.17. The van der Waals surface area contributed by atoms with Crippen molar-refractivity contribution in [3.05, 3.63) is 11.6 Å². The van der Waals surface area contributed by atoms with Crippen LogP contribution in [0, 0.1) is 34.5 Å². The summed E-state index contributed by atoms with van der Waals surface area (Å²) >= 11 is 0. The molecule has 0 saturated heterocycles. The van der Waals surface area contributed by atoms with Crippen molar-refractivity contribution in [2.75, 3.05) is 6.61 Å². The molecule has 0 aliphatic heterocycles. The van der Waals surface area contributed by atoms with Gasteiger partial charge in [0.1, 0.15) is 5.78 Å². The van der Waals surface area contributed by atoms with Gasteiger partial charge < -0.3 is 10.2 Å². The minimum atomic E-state index is -1.14. The van der Waals surface area contributed by atoms with Crippen molar-refractivity contribution in [3.8, 4) is 0 Å². The normalized spacial score (nSPS) is 42.3. The molecule has 134 valence electrons. The first kappa shape index (κ1) is 17.7. The maximum absolute atomic E-state index is 12.9. The summed E-state index contributed by atoms with van der Waals surface area (Å²) in [6.07, 6.45) is 6.73. The first-order valence-corrected chi connectivity index (χ1v) is 9.34. The molecule has 3 aliphatic carbocycles. The number of rotatable bonds is 3. The number of carboxylic acid groups (broad SMARTS) is 1. The topological polar surface area (TPSA) is 74.6 Å². The Bertz CT molecular complexity index is 578. The molecule has 0 aromatic carbocycles. The van der Waals surface area contributed by atoms with E-state index in [9.17, 15) is 19.8 Å². The third kappa shape index (κ3) is 2.37. The van der Waals surface area contributed by atoms with Gasteiger partial charge in [0.15, 0.2) is 0 Å². The fourth-order valence-corrected chi connectivity index (χ4v) is 5.96. The van der Waals surface area contributed by atoms with Gasteiger partial charge in [-0.25, -0.2) is 0 Å². The number of aliphatic carboxylic acids is 1. The van der Waals surface area contributed by atoms with Crippen molar-refractivity contribution in [2.45, 2.75) is 59.3 Å². The zero-order valence-corrected chi connectivity index (χ0v) is 15.0. The van der Waals surface area contributed by atoms with Crippen LogP contribution in [-0.4, -0.2) is 28.6 Å². The summed E-state index contributed by atoms with van der Waals surface area (Å²) in [6, 6.07) is 0. The number of carbonyl (C=O) groups excluding carboxylic acids is 1. The van der Waals surface area contributed by atoms with E-state index in [2.05, 4.69) is 26.8 Å². The van der Waals surface area contributed by atoms with E-state index in [1.54, 1.807) is 0 Å². The predicted molar refractivity (Wildman–Crippen MR) is 91.4 cm³/mol. The molecule has 2 N–H and O–H groups in total. The molecule has 4 nitrogen and oxygen atoms in total. The molecular weight excluding hydrogens is 304 g/mol. The third-order valence-corrected chi connectivity index (χ3v) is 7.45. The van der Waals surface area contributed by atoms with Crippen LogP contribution in [0.25, 0.3) is 0 Å². The van der Waals surface area contributed by atoms with Gasteiger partial charge in [-0.1, -0.05) is 38.8 Å². The maximum Gasteiger partial charge on any atom is 0.312 e. The van der Waals surface area contributed by atoms with E-state index >= 15 is 0 Å². The maximum atomic E-state index is 12.9. The number of fused-ring (bicyclic) bond motifs is 3. The fourth-order valence-electron chi connectivity index (χ4n) is 5.96. The number of hydrogen-bond donors (Lipinski definition) is 2. The van der Waals surface area contributed by atoms with Gasteiger partial charge in [0, 0.05) is 12.3 Å². The number of carboxylic acids is 1. The minimum Gasteiger partial charge on any atom is -0.481 e. The van der Waals surface area contributed by atoms with Gasteiger partial charge in [0.05, 0.1) is 12.0 Å². The molecule has 0 bridgehead atoms. The van der Waals surface area contributed by atoms with Crippen LogP contribution in [0.3, 0.4) is 0 Å². The van der Waals surface area contributed by atoms with Gasteiger partial charge in [-0.05, 0) is 48.9 Å². The average molecular weight is 334 g/mol. The average Bonchev–Trinajstić information content (AvgIpc) is 2.55. The van der Waals surface area contributed by atoms with E-state index in [4.69, 9.17) is 0 Å². The zero-order chi connectivity index (χ0) is 17.7. The van der Waals surface area contributed by atoms with E-state index in [1.165, 1.54) is 5.57 Å². The van der Waals surface area contributed by atoms with Crippen molar-refractivity contribution in [1.29, 1.82) is 0 Å². The molecule has 0 unspecified atom stereocenters. The first-order chi connectivity index (χ1) is 11.3. The highest BCUT2D eigenvalue weighted by Gasteiger charge is 2.62. The Kier molecular flexibility index (Phi) is 4.40. The number of aliphatic hydroxyl groups excluding tert-OH is 1. The second kappa shape index (κ2) is 5.98. The van der Waals surface area contributed by atoms with Crippen LogP contribution in [-0.2, 0) is 9.59 Å². The SMILES string of the molecule is CC(C)C1=C[C@@H]2C(=O)C[C@H]3[C@@](CO)(C(=O)O)CCC[C@]3(C)[C@H]2CC1. The Labute approximate surface area is 144 Å². The molecule has 3 aliphatic rings. The lowest BCUT2D eigenvalue weighted by molar-refractivity contribution is -0.180. The molecule has 4 heteroatoms. The van der Waals surface area contributed by atoms with Crippen molar-refractivity contribution in [3.63, 3.8) is 0 Å². The number of aliphatic hydroxyl groups is 1. The smallest absolute Gasteiger partial charge is 0.312 e. The minimum absolute atomic E-state index is 0.0549. The van der Waals surface area contributed by atoms with Crippen LogP contribution in [0.2, 0.25) is 0 Å². The van der Waals surface area contributed by atoms with Crippen LogP contribution >= 0.6 is 0 Å². The lowest BCUT2D eigenvalue weighted by atomic mass is 9.44. The van der Waals surface area contributed by atoms with E-state index in [-0.39, 0.29) is 35.6 Å². The fraction of sp³-hybridized carbons (Fsp3) is 0.800. The second-order valence-corrected chi connectivity index (χ2v) is 8.77. The molecular formula is C20H30O4. The van der Waals surface area contributed by atoms with Crippen molar-refractivity contribution in [1.82, 2.24) is 0 Å². The van der Waals surface area contributed by atoms with E-state index in [1.807, 2.05) is 0 Å². The Morgan fingerprint density at radius 3 is 2.67 bits per heavy atom. The van der Waals surface area contributed by atoms with Gasteiger partial charge in [-0.3, -0.25) is 9.59 Å². The highest BCUT2D eigenvalue weighted by molar-refractivity contribution is 5.86. The molecule has 5 atom stereocenters. The molecule has 0 amide bonds. The van der Waals surface area contributed by atoms with Gasteiger partial charge in [-0.15, -0.1) is 0 Å². The highest BCUT2D eigenvalue weighted by Crippen LogP contribution is 2.62. The lowest BCUT2D eigenvalue weighted by Crippen LogP contribution is -2.59. The van der Waals surface area contributed by atoms with Crippen molar-refractivity contribution < 1.29 is 19.8 Å². The molecule has 0 spiro atoms. The number of Topliss-reactive ketones (excluding diaryl/α,β-unsaturated/α-hetero) is 1. The second-order valence-electron chi connectivity index (χ2n) is 8.77. The van der Waals surface area contributed by atoms with Crippen molar-refractivity contribution >= 4 is 11.8 Å². The molecule has 0 heterocycles. The number of hydrogen-bond acceptors (Lipinski definition) is 3. The third-order valence-electron chi connectivity index (χ3n) is 7.45. The number of ketones is 1. The van der Waals surface area contributed by atoms with Gasteiger partial charge in [0.2, 0.25) is 0 Å². The number of allylic oxidation sites excluding steroid dienone is 2.